The van der Waals surface area contributed by atoms with Gasteiger partial charge >= 0.3 is 6.03 Å². The first-order valence-electron chi connectivity index (χ1n) is 8.30. The van der Waals surface area contributed by atoms with E-state index >= 15 is 0 Å². The van der Waals surface area contributed by atoms with Gasteiger partial charge in [0.05, 0.1) is 18.3 Å². The number of hydrogen-bond donors (Lipinski definition) is 1. The van der Waals surface area contributed by atoms with Crippen LogP contribution in [0.4, 0.5) is 9.18 Å². The van der Waals surface area contributed by atoms with Crippen LogP contribution in [0.2, 0.25) is 0 Å². The molecule has 1 saturated heterocycles. The minimum Gasteiger partial charge on any atom is -0.329 e. The van der Waals surface area contributed by atoms with Crippen LogP contribution in [0.1, 0.15) is 22.9 Å². The van der Waals surface area contributed by atoms with Crippen molar-refractivity contribution in [3.8, 4) is 0 Å². The van der Waals surface area contributed by atoms with E-state index in [1.54, 1.807) is 12.1 Å². The molecule has 1 atom stereocenters. The molecule has 4 rings (SSSR count). The van der Waals surface area contributed by atoms with Crippen LogP contribution in [0, 0.1) is 5.82 Å². The average molecular weight is 386 g/mol. The largest absolute Gasteiger partial charge is 0.329 e. The van der Waals surface area contributed by atoms with Crippen molar-refractivity contribution in [2.24, 2.45) is 5.10 Å². The molecule has 3 heterocycles. The Balaban J connectivity index is 1.61. The molecule has 1 fully saturated rings. The number of halogens is 1. The van der Waals surface area contributed by atoms with Gasteiger partial charge in [0.25, 0.3) is 11.8 Å². The summed E-state index contributed by atoms with van der Waals surface area (Å²) in [6.07, 6.45) is 0.470. The lowest BCUT2D eigenvalue weighted by Crippen LogP contribution is -2.41. The summed E-state index contributed by atoms with van der Waals surface area (Å²) in [4.78, 5) is 38.1. The first-order chi connectivity index (χ1) is 13.0. The van der Waals surface area contributed by atoms with Crippen LogP contribution < -0.4 is 5.32 Å². The lowest BCUT2D eigenvalue weighted by Gasteiger charge is -2.22. The monoisotopic (exact) mass is 386 g/mol. The van der Waals surface area contributed by atoms with Crippen LogP contribution in [-0.4, -0.2) is 46.6 Å². The molecule has 0 radical (unpaired) electrons. The maximum atomic E-state index is 13.2. The normalized spacial score (nSPS) is 19.4. The maximum absolute atomic E-state index is 13.2. The SMILES string of the molecule is O=C1CNC(=O)N1CC(=O)N1N=C(c2ccc(F)cc2)CC1c1cccs1. The molecule has 27 heavy (non-hydrogen) atoms. The highest BCUT2D eigenvalue weighted by molar-refractivity contribution is 7.10. The van der Waals surface area contributed by atoms with E-state index in [0.29, 0.717) is 12.1 Å². The fourth-order valence-corrected chi connectivity index (χ4v) is 3.89. The van der Waals surface area contributed by atoms with Gasteiger partial charge in [0, 0.05) is 11.3 Å². The zero-order valence-corrected chi connectivity index (χ0v) is 14.9. The first kappa shape index (κ1) is 17.3. The third-order valence-electron chi connectivity index (χ3n) is 4.45. The Morgan fingerprint density at radius 1 is 1.26 bits per heavy atom. The Morgan fingerprint density at radius 3 is 2.67 bits per heavy atom. The van der Waals surface area contributed by atoms with E-state index in [1.807, 2.05) is 17.5 Å². The molecule has 1 N–H and O–H groups in total. The van der Waals surface area contributed by atoms with Crippen molar-refractivity contribution < 1.29 is 18.8 Å². The Morgan fingerprint density at radius 2 is 2.04 bits per heavy atom. The molecule has 0 spiro atoms. The van der Waals surface area contributed by atoms with Crippen LogP contribution in [-0.2, 0) is 9.59 Å². The molecule has 1 aromatic carbocycles. The number of amides is 4. The van der Waals surface area contributed by atoms with E-state index in [-0.39, 0.29) is 24.9 Å². The summed E-state index contributed by atoms with van der Waals surface area (Å²) in [5, 5.41) is 10.1. The van der Waals surface area contributed by atoms with E-state index in [4.69, 9.17) is 0 Å². The maximum Gasteiger partial charge on any atom is 0.325 e. The summed E-state index contributed by atoms with van der Waals surface area (Å²) < 4.78 is 13.2. The van der Waals surface area contributed by atoms with E-state index in [2.05, 4.69) is 10.4 Å². The highest BCUT2D eigenvalue weighted by atomic mass is 32.1. The molecule has 7 nitrogen and oxygen atoms in total. The van der Waals surface area contributed by atoms with Gasteiger partial charge < -0.3 is 5.32 Å². The molecule has 4 amide bonds. The molecule has 2 aliphatic heterocycles. The van der Waals surface area contributed by atoms with Crippen molar-refractivity contribution in [2.75, 3.05) is 13.1 Å². The number of thiophene rings is 1. The van der Waals surface area contributed by atoms with Gasteiger partial charge in [-0.2, -0.15) is 5.10 Å². The van der Waals surface area contributed by atoms with Crippen LogP contribution in [0.25, 0.3) is 0 Å². The van der Waals surface area contributed by atoms with Crippen molar-refractivity contribution in [3.05, 3.63) is 58.0 Å². The number of hydrazone groups is 1. The molecule has 9 heteroatoms. The topological polar surface area (TPSA) is 82.1 Å². The highest BCUT2D eigenvalue weighted by Gasteiger charge is 2.37. The molecule has 0 bridgehead atoms. The predicted molar refractivity (Wildman–Crippen MR) is 96.6 cm³/mol. The predicted octanol–water partition coefficient (Wildman–Crippen LogP) is 2.12. The standard InChI is InChI=1S/C18H15FN4O3S/c19-12-5-3-11(4-6-12)13-8-14(15-2-1-7-27-15)23(21-13)17(25)10-22-16(24)9-20-18(22)26/h1-7,14H,8-10H2,(H,20,26). The van der Waals surface area contributed by atoms with Crippen LogP contribution in [0.5, 0.6) is 0 Å². The first-order valence-corrected chi connectivity index (χ1v) is 9.18. The molecule has 0 aliphatic carbocycles. The molecule has 2 aromatic rings. The smallest absolute Gasteiger partial charge is 0.325 e. The lowest BCUT2D eigenvalue weighted by atomic mass is 10.0. The Kier molecular flexibility index (Phi) is 4.44. The van der Waals surface area contributed by atoms with E-state index < -0.39 is 17.8 Å². The van der Waals surface area contributed by atoms with E-state index in [9.17, 15) is 18.8 Å². The third kappa shape index (κ3) is 3.33. The number of nitrogens with one attached hydrogen (secondary N) is 1. The van der Waals surface area contributed by atoms with Crippen LogP contribution in [0.3, 0.4) is 0 Å². The molecule has 0 saturated carbocycles. The average Bonchev–Trinajstić information content (AvgIpc) is 3.38. The van der Waals surface area contributed by atoms with Gasteiger partial charge in [-0.1, -0.05) is 18.2 Å². The number of urea groups is 1. The summed E-state index contributed by atoms with van der Waals surface area (Å²) >= 11 is 1.50. The van der Waals surface area contributed by atoms with Gasteiger partial charge in [-0.25, -0.2) is 14.2 Å². The number of imide groups is 1. The zero-order valence-electron chi connectivity index (χ0n) is 14.1. The molecule has 138 valence electrons. The summed E-state index contributed by atoms with van der Waals surface area (Å²) in [6.45, 7) is -0.475. The third-order valence-corrected chi connectivity index (χ3v) is 5.42. The Bertz CT molecular complexity index is 911. The summed E-state index contributed by atoms with van der Waals surface area (Å²) in [5.74, 6) is -1.24. The molecular weight excluding hydrogens is 371 g/mol. The van der Waals surface area contributed by atoms with Crippen molar-refractivity contribution in [1.29, 1.82) is 0 Å². The number of carbonyl (C=O) groups is 3. The summed E-state index contributed by atoms with van der Waals surface area (Å²) in [5.41, 5.74) is 1.38. The second-order valence-electron chi connectivity index (χ2n) is 6.17. The number of carbonyl (C=O) groups excluding carboxylic acids is 3. The van der Waals surface area contributed by atoms with Crippen molar-refractivity contribution >= 4 is 34.9 Å². The fraction of sp³-hybridized carbons (Fsp3) is 0.222. The van der Waals surface area contributed by atoms with Crippen molar-refractivity contribution in [3.63, 3.8) is 0 Å². The van der Waals surface area contributed by atoms with Crippen LogP contribution in [0.15, 0.2) is 46.9 Å². The molecular formula is C18H15FN4O3S. The second-order valence-corrected chi connectivity index (χ2v) is 7.15. The second kappa shape index (κ2) is 6.92. The minimum atomic E-state index is -0.581. The highest BCUT2D eigenvalue weighted by Crippen LogP contribution is 2.35. The van der Waals surface area contributed by atoms with Gasteiger partial charge in [-0.05, 0) is 29.1 Å². The van der Waals surface area contributed by atoms with Gasteiger partial charge in [0.1, 0.15) is 12.4 Å². The summed E-state index contributed by atoms with van der Waals surface area (Å²) in [7, 11) is 0. The fourth-order valence-electron chi connectivity index (χ4n) is 3.08. The Labute approximate surface area is 158 Å². The number of nitrogens with zero attached hydrogens (tertiary/aromatic N) is 3. The number of rotatable bonds is 4. The molecule has 2 aliphatic rings. The lowest BCUT2D eigenvalue weighted by molar-refractivity contribution is -0.137. The van der Waals surface area contributed by atoms with Crippen LogP contribution >= 0.6 is 11.3 Å². The van der Waals surface area contributed by atoms with Gasteiger partial charge in [-0.15, -0.1) is 11.3 Å². The minimum absolute atomic E-state index is 0.107. The van der Waals surface area contributed by atoms with Crippen molar-refractivity contribution in [1.82, 2.24) is 15.2 Å². The Hall–Kier alpha value is -3.07. The molecule has 1 aromatic heterocycles. The number of hydrogen-bond acceptors (Lipinski definition) is 5. The quantitative estimate of drug-likeness (QED) is 0.817. The van der Waals surface area contributed by atoms with E-state index in [1.165, 1.54) is 28.5 Å². The zero-order chi connectivity index (χ0) is 19.0. The van der Waals surface area contributed by atoms with Crippen molar-refractivity contribution in [2.45, 2.75) is 12.5 Å². The van der Waals surface area contributed by atoms with Gasteiger partial charge in [0.15, 0.2) is 0 Å². The van der Waals surface area contributed by atoms with E-state index in [0.717, 1.165) is 15.3 Å². The summed E-state index contributed by atoms with van der Waals surface area (Å²) in [6, 6.07) is 8.81. The molecule has 1 unspecified atom stereocenters. The van der Waals surface area contributed by atoms with Gasteiger partial charge in [-0.3, -0.25) is 14.5 Å². The van der Waals surface area contributed by atoms with Gasteiger partial charge in [0.2, 0.25) is 0 Å². The number of benzene rings is 1.